The molecule has 1 N–H and O–H groups in total. The molecule has 4 rings (SSSR count). The summed E-state index contributed by atoms with van der Waals surface area (Å²) >= 11 is 7.48. The number of ether oxygens (including phenoxy) is 1. The molecule has 1 saturated heterocycles. The molecule has 2 heterocycles. The third-order valence-electron chi connectivity index (χ3n) is 4.98. The second kappa shape index (κ2) is 8.96. The summed E-state index contributed by atoms with van der Waals surface area (Å²) in [6, 6.07) is 11.7. The molecule has 0 spiro atoms. The van der Waals surface area contributed by atoms with Crippen LogP contribution in [0, 0.1) is 0 Å². The first kappa shape index (κ1) is 21.8. The van der Waals surface area contributed by atoms with Crippen molar-refractivity contribution in [1.82, 2.24) is 9.29 Å². The minimum Gasteiger partial charge on any atom is -0.495 e. The van der Waals surface area contributed by atoms with E-state index in [1.807, 2.05) is 18.2 Å². The van der Waals surface area contributed by atoms with Crippen LogP contribution in [0.3, 0.4) is 0 Å². The molecule has 7 nitrogen and oxygen atoms in total. The first-order valence-electron chi connectivity index (χ1n) is 9.60. The smallest absolute Gasteiger partial charge is 0.257 e. The lowest BCUT2D eigenvalue weighted by Gasteiger charge is -2.18. The van der Waals surface area contributed by atoms with Gasteiger partial charge < -0.3 is 4.74 Å². The Morgan fingerprint density at radius 2 is 1.94 bits per heavy atom. The third-order valence-corrected chi connectivity index (χ3v) is 7.99. The van der Waals surface area contributed by atoms with Crippen LogP contribution >= 0.6 is 22.9 Å². The van der Waals surface area contributed by atoms with Gasteiger partial charge in [0, 0.05) is 34.6 Å². The average molecular weight is 478 g/mol. The zero-order chi connectivity index (χ0) is 22.0. The Balaban J connectivity index is 1.59. The maximum absolute atomic E-state index is 13.0. The molecule has 1 aliphatic rings. The number of hydrogen-bond acceptors (Lipinski definition) is 6. The van der Waals surface area contributed by atoms with Gasteiger partial charge in [0.1, 0.15) is 10.6 Å². The quantitative estimate of drug-likeness (QED) is 0.564. The van der Waals surface area contributed by atoms with Crippen LogP contribution in [-0.2, 0) is 10.0 Å². The van der Waals surface area contributed by atoms with Crippen LogP contribution in [0.4, 0.5) is 5.13 Å². The van der Waals surface area contributed by atoms with Crippen molar-refractivity contribution in [2.24, 2.45) is 0 Å². The minimum atomic E-state index is -3.75. The number of anilines is 1. The fraction of sp³-hybridized carbons (Fsp3) is 0.238. The zero-order valence-corrected chi connectivity index (χ0v) is 19.1. The molecule has 10 heteroatoms. The highest BCUT2D eigenvalue weighted by Crippen LogP contribution is 2.32. The van der Waals surface area contributed by atoms with Crippen LogP contribution < -0.4 is 10.1 Å². The molecule has 1 amide bonds. The molecule has 0 radical (unpaired) electrons. The van der Waals surface area contributed by atoms with Gasteiger partial charge in [-0.15, -0.1) is 11.3 Å². The van der Waals surface area contributed by atoms with Gasteiger partial charge in [0.05, 0.1) is 12.8 Å². The summed E-state index contributed by atoms with van der Waals surface area (Å²) in [5.74, 6) is -0.251. The van der Waals surface area contributed by atoms with Crippen molar-refractivity contribution >= 4 is 44.0 Å². The second-order valence-electron chi connectivity index (χ2n) is 6.95. The number of methoxy groups -OCH3 is 1. The van der Waals surface area contributed by atoms with Crippen molar-refractivity contribution in [2.45, 2.75) is 17.7 Å². The van der Waals surface area contributed by atoms with E-state index in [1.165, 1.54) is 41.0 Å². The number of halogens is 1. The summed E-state index contributed by atoms with van der Waals surface area (Å²) in [4.78, 5) is 17.2. The summed E-state index contributed by atoms with van der Waals surface area (Å²) in [6.45, 7) is 0.928. The first-order valence-corrected chi connectivity index (χ1v) is 12.3. The van der Waals surface area contributed by atoms with Gasteiger partial charge in [-0.1, -0.05) is 29.8 Å². The van der Waals surface area contributed by atoms with Crippen molar-refractivity contribution in [3.05, 3.63) is 58.4 Å². The highest BCUT2D eigenvalue weighted by Gasteiger charge is 2.30. The van der Waals surface area contributed by atoms with Crippen LogP contribution in [0.5, 0.6) is 5.75 Å². The van der Waals surface area contributed by atoms with Crippen molar-refractivity contribution in [1.29, 1.82) is 0 Å². The van der Waals surface area contributed by atoms with E-state index >= 15 is 0 Å². The van der Waals surface area contributed by atoms with E-state index in [9.17, 15) is 13.2 Å². The number of nitrogens with zero attached hydrogens (tertiary/aromatic N) is 2. The monoisotopic (exact) mass is 477 g/mol. The van der Waals surface area contributed by atoms with Gasteiger partial charge in [0.15, 0.2) is 5.13 Å². The Hall–Kier alpha value is -2.46. The lowest BCUT2D eigenvalue weighted by Crippen LogP contribution is -2.28. The predicted octanol–water partition coefficient (Wildman–Crippen LogP) is 4.51. The Kier molecular flexibility index (Phi) is 6.29. The van der Waals surface area contributed by atoms with Gasteiger partial charge in [-0.2, -0.15) is 4.31 Å². The van der Waals surface area contributed by atoms with Crippen LogP contribution in [-0.4, -0.2) is 43.8 Å². The Morgan fingerprint density at radius 1 is 1.19 bits per heavy atom. The topological polar surface area (TPSA) is 88.6 Å². The first-order chi connectivity index (χ1) is 14.9. The van der Waals surface area contributed by atoms with Crippen molar-refractivity contribution in [3.8, 4) is 17.0 Å². The third kappa shape index (κ3) is 4.45. The van der Waals surface area contributed by atoms with Gasteiger partial charge in [-0.3, -0.25) is 10.1 Å². The maximum atomic E-state index is 13.0. The predicted molar refractivity (Wildman–Crippen MR) is 122 cm³/mol. The van der Waals surface area contributed by atoms with E-state index < -0.39 is 15.9 Å². The molecule has 1 aromatic heterocycles. The zero-order valence-electron chi connectivity index (χ0n) is 16.7. The highest BCUT2D eigenvalue weighted by atomic mass is 35.5. The molecule has 0 saturated carbocycles. The number of carbonyl (C=O) groups excluding carboxylic acids is 1. The SMILES string of the molecule is COc1ccc(C(=O)Nc2nc(-c3ccccc3Cl)cs2)cc1S(=O)(=O)N1CCCC1. The summed E-state index contributed by atoms with van der Waals surface area (Å²) in [5.41, 5.74) is 1.62. The molecule has 0 atom stereocenters. The second-order valence-corrected chi connectivity index (χ2v) is 10.1. The molecular weight excluding hydrogens is 458 g/mol. The number of thiazole rings is 1. The molecule has 0 unspecified atom stereocenters. The number of amides is 1. The van der Waals surface area contributed by atoms with Gasteiger partial charge >= 0.3 is 0 Å². The van der Waals surface area contributed by atoms with Crippen molar-refractivity contribution in [2.75, 3.05) is 25.5 Å². The Morgan fingerprint density at radius 3 is 2.65 bits per heavy atom. The average Bonchev–Trinajstić information content (AvgIpc) is 3.46. The number of aromatic nitrogens is 1. The van der Waals surface area contributed by atoms with Crippen molar-refractivity contribution in [3.63, 3.8) is 0 Å². The fourth-order valence-corrected chi connectivity index (χ4v) is 6.02. The molecular formula is C21H20ClN3O4S2. The lowest BCUT2D eigenvalue weighted by atomic mass is 10.2. The molecule has 1 fully saturated rings. The molecule has 0 bridgehead atoms. The van der Waals surface area contributed by atoms with Crippen LogP contribution in [0.15, 0.2) is 52.7 Å². The summed E-state index contributed by atoms with van der Waals surface area (Å²) in [5, 5.41) is 5.49. The lowest BCUT2D eigenvalue weighted by molar-refractivity contribution is 0.102. The summed E-state index contributed by atoms with van der Waals surface area (Å²) in [6.07, 6.45) is 1.64. The van der Waals surface area contributed by atoms with Gasteiger partial charge in [0.25, 0.3) is 5.91 Å². The fourth-order valence-electron chi connectivity index (χ4n) is 3.38. The Bertz CT molecular complexity index is 1220. The van der Waals surface area contributed by atoms with E-state index in [2.05, 4.69) is 10.3 Å². The number of sulfonamides is 1. The number of nitrogens with one attached hydrogen (secondary N) is 1. The largest absolute Gasteiger partial charge is 0.495 e. The molecule has 162 valence electrons. The molecule has 31 heavy (non-hydrogen) atoms. The van der Waals surface area contributed by atoms with Gasteiger partial charge in [-0.05, 0) is 37.1 Å². The number of benzene rings is 2. The number of rotatable bonds is 6. The molecule has 3 aromatic rings. The molecule has 2 aromatic carbocycles. The van der Waals surface area contributed by atoms with E-state index in [-0.39, 0.29) is 16.2 Å². The standard InChI is InChI=1S/C21H20ClN3O4S2/c1-29-18-9-8-14(12-19(18)31(27,28)25-10-4-5-11-25)20(26)24-21-23-17(13-30-21)15-6-2-3-7-16(15)22/h2-3,6-9,12-13H,4-5,10-11H2,1H3,(H,23,24,26). The van der Waals surface area contributed by atoms with Crippen LogP contribution in [0.2, 0.25) is 5.02 Å². The van der Waals surface area contributed by atoms with E-state index in [0.717, 1.165) is 18.4 Å². The molecule has 1 aliphatic heterocycles. The van der Waals surface area contributed by atoms with Gasteiger partial charge in [0.2, 0.25) is 10.0 Å². The summed E-state index contributed by atoms with van der Waals surface area (Å²) < 4.78 is 32.7. The minimum absolute atomic E-state index is 0.0135. The summed E-state index contributed by atoms with van der Waals surface area (Å²) in [7, 11) is -2.34. The van der Waals surface area contributed by atoms with E-state index in [4.69, 9.17) is 16.3 Å². The van der Waals surface area contributed by atoms with Crippen LogP contribution in [0.25, 0.3) is 11.3 Å². The van der Waals surface area contributed by atoms with Crippen LogP contribution in [0.1, 0.15) is 23.2 Å². The van der Waals surface area contributed by atoms with E-state index in [1.54, 1.807) is 11.4 Å². The number of carbonyl (C=O) groups is 1. The van der Waals surface area contributed by atoms with Crippen molar-refractivity contribution < 1.29 is 17.9 Å². The van der Waals surface area contributed by atoms with Gasteiger partial charge in [-0.25, -0.2) is 13.4 Å². The number of hydrogen-bond donors (Lipinski definition) is 1. The highest BCUT2D eigenvalue weighted by molar-refractivity contribution is 7.89. The Labute approximate surface area is 189 Å². The maximum Gasteiger partial charge on any atom is 0.257 e. The normalized spacial score (nSPS) is 14.5. The molecule has 0 aliphatic carbocycles. The van der Waals surface area contributed by atoms with E-state index in [0.29, 0.717) is 28.9 Å².